The average molecular weight is 521 g/mol. The van der Waals surface area contributed by atoms with Crippen molar-refractivity contribution in [3.05, 3.63) is 99.0 Å². The number of hydrogen-bond donors (Lipinski definition) is 0. The Bertz CT molecular complexity index is 1400. The molecule has 0 unspecified atom stereocenters. The zero-order valence-electron chi connectivity index (χ0n) is 17.4. The quantitative estimate of drug-likeness (QED) is 0.249. The van der Waals surface area contributed by atoms with Crippen LogP contribution in [0, 0.1) is 11.6 Å². The number of carbonyl (C=O) groups excluding carboxylic acids is 1. The number of benzene rings is 3. The van der Waals surface area contributed by atoms with E-state index >= 15 is 0 Å². The second-order valence-electron chi connectivity index (χ2n) is 7.04. The maximum absolute atomic E-state index is 13.8. The van der Waals surface area contributed by atoms with Crippen LogP contribution in [0.2, 0.25) is 15.1 Å². The van der Waals surface area contributed by atoms with Gasteiger partial charge in [-0.3, -0.25) is 0 Å². The summed E-state index contributed by atoms with van der Waals surface area (Å²) in [7, 11) is 1.20. The number of nitrogens with zero attached hydrogens (tertiary/aromatic N) is 1. The molecule has 0 aliphatic heterocycles. The van der Waals surface area contributed by atoms with Gasteiger partial charge < -0.3 is 9.47 Å². The summed E-state index contributed by atoms with van der Waals surface area (Å²) in [6.07, 6.45) is 0. The third kappa shape index (κ3) is 4.99. The molecule has 0 spiro atoms. The molecule has 4 rings (SSSR count). The van der Waals surface area contributed by atoms with Crippen LogP contribution in [0.4, 0.5) is 8.78 Å². The second-order valence-corrected chi connectivity index (χ2v) is 8.32. The number of rotatable bonds is 5. The van der Waals surface area contributed by atoms with Gasteiger partial charge in [0, 0.05) is 27.2 Å². The van der Waals surface area contributed by atoms with E-state index < -0.39 is 17.6 Å². The van der Waals surface area contributed by atoms with Gasteiger partial charge in [0.05, 0.1) is 17.8 Å². The second kappa shape index (κ2) is 9.97. The lowest BCUT2D eigenvalue weighted by Crippen LogP contribution is -2.07. The van der Waals surface area contributed by atoms with Crippen molar-refractivity contribution in [1.29, 1.82) is 0 Å². The fourth-order valence-electron chi connectivity index (χ4n) is 3.22. The summed E-state index contributed by atoms with van der Waals surface area (Å²) in [5.41, 5.74) is 2.03. The van der Waals surface area contributed by atoms with Gasteiger partial charge in [0.25, 0.3) is 0 Å². The molecule has 172 valence electrons. The Morgan fingerprint density at radius 1 is 0.824 bits per heavy atom. The van der Waals surface area contributed by atoms with Crippen molar-refractivity contribution < 1.29 is 23.0 Å². The summed E-state index contributed by atoms with van der Waals surface area (Å²) >= 11 is 18.6. The van der Waals surface area contributed by atoms with Crippen LogP contribution in [0.25, 0.3) is 22.4 Å². The molecule has 0 saturated heterocycles. The minimum Gasteiger partial charge on any atom is -0.465 e. The highest BCUT2D eigenvalue weighted by Crippen LogP contribution is 2.40. The first-order valence-electron chi connectivity index (χ1n) is 9.74. The van der Waals surface area contributed by atoms with Gasteiger partial charge in [-0.1, -0.05) is 46.9 Å². The van der Waals surface area contributed by atoms with E-state index in [1.54, 1.807) is 42.5 Å². The molecular weight excluding hydrogens is 507 g/mol. The highest BCUT2D eigenvalue weighted by Gasteiger charge is 2.23. The van der Waals surface area contributed by atoms with Gasteiger partial charge in [0.2, 0.25) is 5.88 Å². The van der Waals surface area contributed by atoms with Crippen molar-refractivity contribution in [3.63, 3.8) is 0 Å². The molecule has 0 bridgehead atoms. The van der Waals surface area contributed by atoms with Gasteiger partial charge in [-0.15, -0.1) is 0 Å². The maximum atomic E-state index is 13.8. The molecule has 1 aromatic heterocycles. The van der Waals surface area contributed by atoms with E-state index in [0.717, 1.165) is 12.1 Å². The van der Waals surface area contributed by atoms with Crippen LogP contribution in [-0.2, 0) is 4.74 Å². The van der Waals surface area contributed by atoms with Crippen molar-refractivity contribution in [3.8, 4) is 34.0 Å². The third-order valence-corrected chi connectivity index (χ3v) is 5.64. The standard InChI is InChI=1S/C25H14Cl3F2NO3/c1-33-25(32)19-12-18(13-2-4-14(26)5-3-13)23(17-8-6-15(27)10-20(17)28)31-24(19)34-16-7-9-21(29)22(30)11-16/h2-12H,1H3. The van der Waals surface area contributed by atoms with Crippen molar-refractivity contribution in [2.24, 2.45) is 0 Å². The van der Waals surface area contributed by atoms with Crippen molar-refractivity contribution in [1.82, 2.24) is 4.98 Å². The van der Waals surface area contributed by atoms with E-state index in [9.17, 15) is 13.6 Å². The van der Waals surface area contributed by atoms with E-state index in [4.69, 9.17) is 44.3 Å². The van der Waals surface area contributed by atoms with Crippen LogP contribution < -0.4 is 4.74 Å². The molecule has 0 fully saturated rings. The summed E-state index contributed by atoms with van der Waals surface area (Å²) in [6.45, 7) is 0. The number of aromatic nitrogens is 1. The number of hydrogen-bond acceptors (Lipinski definition) is 4. The molecule has 0 amide bonds. The Balaban J connectivity index is 1.97. The molecule has 0 atom stereocenters. The van der Waals surface area contributed by atoms with Crippen LogP contribution in [0.15, 0.2) is 66.7 Å². The summed E-state index contributed by atoms with van der Waals surface area (Å²) in [4.78, 5) is 17.2. The van der Waals surface area contributed by atoms with Gasteiger partial charge in [-0.25, -0.2) is 18.6 Å². The smallest absolute Gasteiger partial charge is 0.343 e. The summed E-state index contributed by atoms with van der Waals surface area (Å²) in [5, 5.41) is 1.25. The lowest BCUT2D eigenvalue weighted by Gasteiger charge is -2.16. The van der Waals surface area contributed by atoms with Crippen molar-refractivity contribution in [2.75, 3.05) is 7.11 Å². The number of halogens is 5. The highest BCUT2D eigenvalue weighted by molar-refractivity contribution is 6.36. The average Bonchev–Trinajstić information content (AvgIpc) is 2.81. The third-order valence-electron chi connectivity index (χ3n) is 4.84. The van der Waals surface area contributed by atoms with Gasteiger partial charge in [-0.05, 0) is 54.1 Å². The molecule has 0 aliphatic rings. The molecule has 0 radical (unpaired) electrons. The van der Waals surface area contributed by atoms with Gasteiger partial charge in [-0.2, -0.15) is 0 Å². The normalized spacial score (nSPS) is 10.8. The van der Waals surface area contributed by atoms with Crippen LogP contribution in [0.3, 0.4) is 0 Å². The Morgan fingerprint density at radius 2 is 1.53 bits per heavy atom. The van der Waals surface area contributed by atoms with Crippen LogP contribution in [-0.4, -0.2) is 18.1 Å². The minimum atomic E-state index is -1.11. The van der Waals surface area contributed by atoms with Crippen LogP contribution >= 0.6 is 34.8 Å². The Kier molecular flexibility index (Phi) is 7.03. The summed E-state index contributed by atoms with van der Waals surface area (Å²) in [6, 6.07) is 16.2. The van der Waals surface area contributed by atoms with Gasteiger partial charge >= 0.3 is 5.97 Å². The number of esters is 1. The number of methoxy groups -OCH3 is 1. The topological polar surface area (TPSA) is 48.4 Å². The minimum absolute atomic E-state index is 0.0361. The summed E-state index contributed by atoms with van der Waals surface area (Å²) in [5.74, 6) is -3.15. The highest BCUT2D eigenvalue weighted by atomic mass is 35.5. The Labute approximate surface area is 208 Å². The molecule has 0 aliphatic carbocycles. The monoisotopic (exact) mass is 519 g/mol. The van der Waals surface area contributed by atoms with Crippen LogP contribution in [0.5, 0.6) is 11.6 Å². The molecule has 1 heterocycles. The molecular formula is C25H14Cl3F2NO3. The van der Waals surface area contributed by atoms with Crippen molar-refractivity contribution in [2.45, 2.75) is 0 Å². The first-order chi connectivity index (χ1) is 16.3. The van der Waals surface area contributed by atoms with E-state index in [1.807, 2.05) is 0 Å². The van der Waals surface area contributed by atoms with E-state index in [0.29, 0.717) is 37.5 Å². The zero-order chi connectivity index (χ0) is 24.4. The molecule has 4 nitrogen and oxygen atoms in total. The Hall–Kier alpha value is -3.19. The maximum Gasteiger partial charge on any atom is 0.343 e. The predicted molar refractivity (Wildman–Crippen MR) is 128 cm³/mol. The van der Waals surface area contributed by atoms with Gasteiger partial charge in [0.1, 0.15) is 11.3 Å². The van der Waals surface area contributed by atoms with E-state index in [2.05, 4.69) is 4.98 Å². The van der Waals surface area contributed by atoms with Crippen molar-refractivity contribution >= 4 is 40.8 Å². The van der Waals surface area contributed by atoms with Gasteiger partial charge in [0.15, 0.2) is 11.6 Å². The fourth-order valence-corrected chi connectivity index (χ4v) is 3.84. The molecule has 3 aromatic carbocycles. The van der Waals surface area contributed by atoms with E-state index in [-0.39, 0.29) is 17.2 Å². The first kappa shape index (κ1) is 24.0. The van der Waals surface area contributed by atoms with E-state index in [1.165, 1.54) is 19.2 Å². The SMILES string of the molecule is COC(=O)c1cc(-c2ccc(Cl)cc2)c(-c2ccc(Cl)cc2Cl)nc1Oc1ccc(F)c(F)c1. The molecule has 34 heavy (non-hydrogen) atoms. The Morgan fingerprint density at radius 3 is 2.18 bits per heavy atom. The summed E-state index contributed by atoms with van der Waals surface area (Å²) < 4.78 is 37.7. The lowest BCUT2D eigenvalue weighted by atomic mass is 9.97. The number of pyridine rings is 1. The molecule has 0 saturated carbocycles. The predicted octanol–water partition coefficient (Wildman–Crippen LogP) is 8.23. The first-order valence-corrected chi connectivity index (χ1v) is 10.9. The van der Waals surface area contributed by atoms with Crippen LogP contribution in [0.1, 0.15) is 10.4 Å². The largest absolute Gasteiger partial charge is 0.465 e. The number of carbonyl (C=O) groups is 1. The number of ether oxygens (including phenoxy) is 2. The fraction of sp³-hybridized carbons (Fsp3) is 0.0400. The zero-order valence-corrected chi connectivity index (χ0v) is 19.7. The molecule has 0 N–H and O–H groups in total. The lowest BCUT2D eigenvalue weighted by molar-refractivity contribution is 0.0597. The molecule has 9 heteroatoms. The molecule has 4 aromatic rings.